The molecule has 1 N–H and O–H groups in total. The summed E-state index contributed by atoms with van der Waals surface area (Å²) in [5.41, 5.74) is 2.07. The van der Waals surface area contributed by atoms with Crippen LogP contribution in [-0.4, -0.2) is 37.6 Å². The third kappa shape index (κ3) is 6.05. The van der Waals surface area contributed by atoms with Crippen LogP contribution in [0.1, 0.15) is 18.9 Å². The average Bonchev–Trinajstić information content (AvgIpc) is 2.60. The number of anilines is 1. The number of benzene rings is 2. The highest BCUT2D eigenvalue weighted by Gasteiger charge is 2.08. The second kappa shape index (κ2) is 9.73. The smallest absolute Gasteiger partial charge is 0.238 e. The molecule has 2 rings (SSSR count). The lowest BCUT2D eigenvalue weighted by Crippen LogP contribution is -2.31. The van der Waals surface area contributed by atoms with Crippen molar-refractivity contribution in [2.75, 3.05) is 32.1 Å². The fourth-order valence-electron chi connectivity index (χ4n) is 2.51. The fraction of sp³-hybridized carbons (Fsp3) is 0.350. The van der Waals surface area contributed by atoms with Crippen LogP contribution in [0.5, 0.6) is 5.75 Å². The number of hydrogen-bond acceptors (Lipinski definition) is 3. The van der Waals surface area contributed by atoms with Crippen LogP contribution in [0.4, 0.5) is 5.69 Å². The number of hydrogen-bond donors (Lipinski definition) is 1. The summed E-state index contributed by atoms with van der Waals surface area (Å²) in [6, 6.07) is 17.7. The fourth-order valence-corrected chi connectivity index (χ4v) is 2.51. The van der Waals surface area contributed by atoms with E-state index in [2.05, 4.69) is 12.2 Å². The average molecular weight is 326 g/mol. The number of ether oxygens (including phenoxy) is 1. The molecule has 0 radical (unpaired) electrons. The molecule has 0 bridgehead atoms. The number of nitrogens with one attached hydrogen (secondary N) is 1. The van der Waals surface area contributed by atoms with Gasteiger partial charge in [-0.2, -0.15) is 0 Å². The second-order valence-corrected chi connectivity index (χ2v) is 5.81. The normalized spacial score (nSPS) is 10.6. The zero-order chi connectivity index (χ0) is 17.2. The van der Waals surface area contributed by atoms with Gasteiger partial charge in [0.2, 0.25) is 5.91 Å². The summed E-state index contributed by atoms with van der Waals surface area (Å²) in [5, 5.41) is 3.00. The van der Waals surface area contributed by atoms with Gasteiger partial charge in [0, 0.05) is 12.2 Å². The Labute approximate surface area is 144 Å². The minimum absolute atomic E-state index is 0.0161. The standard InChI is InChI=1S/C20H26N2O2/c1-3-17-10-7-8-13-19(17)21-20(23)16-22(2)14-9-15-24-18-11-5-4-6-12-18/h4-8,10-13H,3,9,14-16H2,1-2H3,(H,21,23). The van der Waals surface area contributed by atoms with Crippen molar-refractivity contribution in [3.63, 3.8) is 0 Å². The van der Waals surface area contributed by atoms with E-state index in [0.29, 0.717) is 13.2 Å². The number of carbonyl (C=O) groups is 1. The number of likely N-dealkylation sites (N-methyl/N-ethyl adjacent to an activating group) is 1. The van der Waals surface area contributed by atoms with E-state index >= 15 is 0 Å². The van der Waals surface area contributed by atoms with Crippen molar-refractivity contribution < 1.29 is 9.53 Å². The Morgan fingerprint density at radius 2 is 1.79 bits per heavy atom. The van der Waals surface area contributed by atoms with E-state index in [-0.39, 0.29) is 5.91 Å². The van der Waals surface area contributed by atoms with E-state index < -0.39 is 0 Å². The molecule has 0 spiro atoms. The van der Waals surface area contributed by atoms with E-state index in [1.54, 1.807) is 0 Å². The van der Waals surface area contributed by atoms with E-state index in [0.717, 1.165) is 36.4 Å². The molecule has 2 aromatic rings. The number of aryl methyl sites for hydroxylation is 1. The van der Waals surface area contributed by atoms with Gasteiger partial charge in [0.05, 0.1) is 13.2 Å². The van der Waals surface area contributed by atoms with Crippen LogP contribution >= 0.6 is 0 Å². The van der Waals surface area contributed by atoms with Crippen molar-refractivity contribution in [3.05, 3.63) is 60.2 Å². The highest BCUT2D eigenvalue weighted by Crippen LogP contribution is 2.15. The van der Waals surface area contributed by atoms with Crippen molar-refractivity contribution in [3.8, 4) is 5.75 Å². The molecule has 4 heteroatoms. The molecular formula is C20H26N2O2. The Morgan fingerprint density at radius 1 is 1.08 bits per heavy atom. The van der Waals surface area contributed by atoms with Crippen LogP contribution < -0.4 is 10.1 Å². The van der Waals surface area contributed by atoms with Crippen LogP contribution in [0.3, 0.4) is 0 Å². The summed E-state index contributed by atoms with van der Waals surface area (Å²) in [5.74, 6) is 0.899. The molecule has 0 atom stereocenters. The molecule has 0 aliphatic rings. The first-order valence-electron chi connectivity index (χ1n) is 8.43. The zero-order valence-electron chi connectivity index (χ0n) is 14.5. The van der Waals surface area contributed by atoms with Crippen molar-refractivity contribution in [2.45, 2.75) is 19.8 Å². The predicted octanol–water partition coefficient (Wildman–Crippen LogP) is 3.59. The first kappa shape index (κ1) is 18.0. The number of amides is 1. The Kier molecular flexibility index (Phi) is 7.30. The lowest BCUT2D eigenvalue weighted by atomic mass is 10.1. The first-order valence-corrected chi connectivity index (χ1v) is 8.43. The van der Waals surface area contributed by atoms with Crippen molar-refractivity contribution >= 4 is 11.6 Å². The zero-order valence-corrected chi connectivity index (χ0v) is 14.5. The molecule has 128 valence electrons. The third-order valence-corrected chi connectivity index (χ3v) is 3.78. The van der Waals surface area contributed by atoms with Crippen LogP contribution in [0.25, 0.3) is 0 Å². The Hall–Kier alpha value is -2.33. The first-order chi connectivity index (χ1) is 11.7. The van der Waals surface area contributed by atoms with Gasteiger partial charge in [0.1, 0.15) is 5.75 Å². The molecule has 2 aromatic carbocycles. The molecule has 0 fully saturated rings. The third-order valence-electron chi connectivity index (χ3n) is 3.78. The molecule has 0 aromatic heterocycles. The molecule has 0 saturated carbocycles. The summed E-state index contributed by atoms with van der Waals surface area (Å²) < 4.78 is 5.66. The van der Waals surface area contributed by atoms with Gasteiger partial charge in [0.25, 0.3) is 0 Å². The quantitative estimate of drug-likeness (QED) is 0.716. The van der Waals surface area contributed by atoms with Gasteiger partial charge in [-0.1, -0.05) is 43.3 Å². The second-order valence-electron chi connectivity index (χ2n) is 5.81. The summed E-state index contributed by atoms with van der Waals surface area (Å²) in [7, 11) is 1.95. The number of para-hydroxylation sites is 2. The number of rotatable bonds is 9. The highest BCUT2D eigenvalue weighted by molar-refractivity contribution is 5.92. The largest absolute Gasteiger partial charge is 0.494 e. The minimum Gasteiger partial charge on any atom is -0.494 e. The summed E-state index contributed by atoms with van der Waals surface area (Å²) >= 11 is 0. The molecule has 4 nitrogen and oxygen atoms in total. The maximum atomic E-state index is 12.2. The van der Waals surface area contributed by atoms with E-state index in [1.807, 2.05) is 66.5 Å². The van der Waals surface area contributed by atoms with Crippen molar-refractivity contribution in [1.29, 1.82) is 0 Å². The van der Waals surface area contributed by atoms with Crippen LogP contribution in [-0.2, 0) is 11.2 Å². The summed E-state index contributed by atoms with van der Waals surface area (Å²) in [6.07, 6.45) is 1.79. The molecule has 0 aliphatic heterocycles. The monoisotopic (exact) mass is 326 g/mol. The Bertz CT molecular complexity index is 629. The molecule has 0 heterocycles. The Balaban J connectivity index is 1.68. The van der Waals surface area contributed by atoms with E-state index in [4.69, 9.17) is 4.74 Å². The molecule has 0 saturated heterocycles. The number of nitrogens with zero attached hydrogens (tertiary/aromatic N) is 1. The summed E-state index contributed by atoms with van der Waals surface area (Å²) in [6.45, 7) is 3.93. The maximum Gasteiger partial charge on any atom is 0.238 e. The van der Waals surface area contributed by atoms with Crippen LogP contribution in [0.2, 0.25) is 0 Å². The summed E-state index contributed by atoms with van der Waals surface area (Å²) in [4.78, 5) is 14.2. The predicted molar refractivity (Wildman–Crippen MR) is 98.5 cm³/mol. The highest BCUT2D eigenvalue weighted by atomic mass is 16.5. The molecule has 24 heavy (non-hydrogen) atoms. The van der Waals surface area contributed by atoms with Gasteiger partial charge in [-0.3, -0.25) is 9.69 Å². The Morgan fingerprint density at radius 3 is 2.54 bits per heavy atom. The molecule has 0 unspecified atom stereocenters. The molecule has 0 aliphatic carbocycles. The van der Waals surface area contributed by atoms with E-state index in [9.17, 15) is 4.79 Å². The lowest BCUT2D eigenvalue weighted by Gasteiger charge is -2.17. The topological polar surface area (TPSA) is 41.6 Å². The van der Waals surface area contributed by atoms with Gasteiger partial charge >= 0.3 is 0 Å². The molecular weight excluding hydrogens is 300 g/mol. The van der Waals surface area contributed by atoms with Crippen LogP contribution in [0, 0.1) is 0 Å². The minimum atomic E-state index is 0.0161. The van der Waals surface area contributed by atoms with Gasteiger partial charge in [-0.05, 0) is 43.7 Å². The van der Waals surface area contributed by atoms with Crippen LogP contribution in [0.15, 0.2) is 54.6 Å². The SMILES string of the molecule is CCc1ccccc1NC(=O)CN(C)CCCOc1ccccc1. The van der Waals surface area contributed by atoms with E-state index in [1.165, 1.54) is 0 Å². The lowest BCUT2D eigenvalue weighted by molar-refractivity contribution is -0.117. The van der Waals surface area contributed by atoms with Gasteiger partial charge in [0.15, 0.2) is 0 Å². The maximum absolute atomic E-state index is 12.2. The van der Waals surface area contributed by atoms with Gasteiger partial charge in [-0.25, -0.2) is 0 Å². The van der Waals surface area contributed by atoms with Gasteiger partial charge in [-0.15, -0.1) is 0 Å². The van der Waals surface area contributed by atoms with Crippen molar-refractivity contribution in [2.24, 2.45) is 0 Å². The molecule has 1 amide bonds. The van der Waals surface area contributed by atoms with Gasteiger partial charge < -0.3 is 10.1 Å². The van der Waals surface area contributed by atoms with Crippen molar-refractivity contribution in [1.82, 2.24) is 4.90 Å². The number of carbonyl (C=O) groups excluding carboxylic acids is 1.